The zero-order valence-electron chi connectivity index (χ0n) is 10.7. The van der Waals surface area contributed by atoms with Gasteiger partial charge in [-0.25, -0.2) is 4.98 Å². The number of nitrogens with one attached hydrogen (secondary N) is 3. The molecule has 2 rings (SSSR count). The molecule has 2 unspecified atom stereocenters. The van der Waals surface area contributed by atoms with Crippen LogP contribution in [0.25, 0.3) is 0 Å². The highest BCUT2D eigenvalue weighted by atomic mass is 16.2. The molecule has 1 aliphatic heterocycles. The Morgan fingerprint density at radius 2 is 2.39 bits per heavy atom. The van der Waals surface area contributed by atoms with E-state index >= 15 is 0 Å². The lowest BCUT2D eigenvalue weighted by Gasteiger charge is -2.28. The first-order valence-corrected chi connectivity index (χ1v) is 6.46. The Morgan fingerprint density at radius 1 is 1.50 bits per heavy atom. The quantitative estimate of drug-likeness (QED) is 0.608. The van der Waals surface area contributed by atoms with E-state index in [2.05, 4.69) is 27.9 Å². The summed E-state index contributed by atoms with van der Waals surface area (Å²) in [5.74, 6) is 0.0834. The molecule has 18 heavy (non-hydrogen) atoms. The fraction of sp³-hybridized carbons (Fsp3) is 0.667. The number of amides is 1. The van der Waals surface area contributed by atoms with Crippen LogP contribution in [0.3, 0.4) is 0 Å². The van der Waals surface area contributed by atoms with E-state index < -0.39 is 0 Å². The average Bonchev–Trinajstić information content (AvgIpc) is 2.88. The van der Waals surface area contributed by atoms with Gasteiger partial charge in [-0.15, -0.1) is 0 Å². The number of imidazole rings is 1. The highest BCUT2D eigenvalue weighted by molar-refractivity contribution is 5.82. The molecule has 6 heteroatoms. The van der Waals surface area contributed by atoms with Crippen LogP contribution in [0.1, 0.15) is 13.3 Å². The zero-order chi connectivity index (χ0) is 12.8. The summed E-state index contributed by atoms with van der Waals surface area (Å²) in [5, 5.41) is 9.48. The highest BCUT2D eigenvalue weighted by Crippen LogP contribution is 1.94. The highest BCUT2D eigenvalue weighted by Gasteiger charge is 2.22. The molecule has 1 saturated heterocycles. The van der Waals surface area contributed by atoms with Crippen molar-refractivity contribution in [3.63, 3.8) is 0 Å². The number of aromatic nitrogens is 2. The molecule has 0 bridgehead atoms. The summed E-state index contributed by atoms with van der Waals surface area (Å²) in [4.78, 5) is 15.8. The number of hydrogen-bond acceptors (Lipinski definition) is 4. The fourth-order valence-electron chi connectivity index (χ4n) is 1.98. The van der Waals surface area contributed by atoms with Gasteiger partial charge in [-0.1, -0.05) is 0 Å². The van der Waals surface area contributed by atoms with Crippen molar-refractivity contribution in [2.24, 2.45) is 0 Å². The van der Waals surface area contributed by atoms with E-state index in [0.29, 0.717) is 19.1 Å². The van der Waals surface area contributed by atoms with Crippen molar-refractivity contribution in [1.29, 1.82) is 0 Å². The molecule has 2 atom stereocenters. The van der Waals surface area contributed by atoms with Gasteiger partial charge in [0.05, 0.1) is 12.4 Å². The first-order valence-electron chi connectivity index (χ1n) is 6.46. The lowest BCUT2D eigenvalue weighted by molar-refractivity contribution is -0.123. The third-order valence-electron chi connectivity index (χ3n) is 3.11. The summed E-state index contributed by atoms with van der Waals surface area (Å²) >= 11 is 0. The third kappa shape index (κ3) is 3.82. The Morgan fingerprint density at radius 3 is 3.06 bits per heavy atom. The van der Waals surface area contributed by atoms with Crippen LogP contribution in [0.15, 0.2) is 18.7 Å². The summed E-state index contributed by atoms with van der Waals surface area (Å²) in [6.07, 6.45) is 6.39. The Balaban J connectivity index is 1.60. The predicted molar refractivity (Wildman–Crippen MR) is 69.1 cm³/mol. The Kier molecular flexibility index (Phi) is 4.72. The number of rotatable bonds is 5. The number of piperazine rings is 1. The van der Waals surface area contributed by atoms with E-state index in [9.17, 15) is 4.79 Å². The van der Waals surface area contributed by atoms with Gasteiger partial charge in [0.15, 0.2) is 0 Å². The van der Waals surface area contributed by atoms with Crippen molar-refractivity contribution < 1.29 is 4.79 Å². The number of carbonyl (C=O) groups excluding carboxylic acids is 1. The van der Waals surface area contributed by atoms with Gasteiger partial charge in [-0.05, 0) is 13.3 Å². The largest absolute Gasteiger partial charge is 0.355 e. The normalized spacial score (nSPS) is 23.8. The van der Waals surface area contributed by atoms with Gasteiger partial charge in [0.2, 0.25) is 5.91 Å². The number of aryl methyl sites for hydroxylation is 1. The number of carbonyl (C=O) groups is 1. The maximum Gasteiger partial charge on any atom is 0.238 e. The molecule has 1 amide bonds. The van der Waals surface area contributed by atoms with Gasteiger partial charge in [-0.3, -0.25) is 4.79 Å². The average molecular weight is 251 g/mol. The van der Waals surface area contributed by atoms with Crippen LogP contribution >= 0.6 is 0 Å². The van der Waals surface area contributed by atoms with Crippen LogP contribution in [0, 0.1) is 0 Å². The Labute approximate surface area is 107 Å². The monoisotopic (exact) mass is 251 g/mol. The first-order chi connectivity index (χ1) is 8.75. The van der Waals surface area contributed by atoms with E-state index in [1.54, 1.807) is 12.5 Å². The standard InChI is InChI=1S/C12H21N5O/c1-10-7-16-11(8-15-10)12(18)14-3-2-5-17-6-4-13-9-17/h4,6,9-11,15-16H,2-3,5,7-8H2,1H3,(H,14,18). The zero-order valence-corrected chi connectivity index (χ0v) is 10.7. The van der Waals surface area contributed by atoms with Gasteiger partial charge >= 0.3 is 0 Å². The minimum Gasteiger partial charge on any atom is -0.355 e. The third-order valence-corrected chi connectivity index (χ3v) is 3.11. The second kappa shape index (κ2) is 6.51. The molecule has 1 aliphatic rings. The molecule has 100 valence electrons. The molecule has 0 aromatic carbocycles. The van der Waals surface area contributed by atoms with E-state index in [4.69, 9.17) is 0 Å². The van der Waals surface area contributed by atoms with Crippen LogP contribution in [-0.2, 0) is 11.3 Å². The molecule has 0 spiro atoms. The van der Waals surface area contributed by atoms with Crippen LogP contribution in [-0.4, -0.2) is 47.2 Å². The lowest BCUT2D eigenvalue weighted by atomic mass is 10.1. The summed E-state index contributed by atoms with van der Waals surface area (Å²) in [6, 6.07) is 0.338. The van der Waals surface area contributed by atoms with Gasteiger partial charge in [0.1, 0.15) is 0 Å². The minimum absolute atomic E-state index is 0.0834. The van der Waals surface area contributed by atoms with Gasteiger partial charge in [0.25, 0.3) is 0 Å². The molecule has 1 aromatic rings. The Hall–Kier alpha value is -1.40. The fourth-order valence-corrected chi connectivity index (χ4v) is 1.98. The van der Waals surface area contributed by atoms with Crippen molar-refractivity contribution in [3.05, 3.63) is 18.7 Å². The van der Waals surface area contributed by atoms with Gasteiger partial charge < -0.3 is 20.5 Å². The summed E-state index contributed by atoms with van der Waals surface area (Å²) in [7, 11) is 0. The molecule has 0 aliphatic carbocycles. The van der Waals surface area contributed by atoms with Crippen LogP contribution in [0.4, 0.5) is 0 Å². The van der Waals surface area contributed by atoms with Crippen molar-refractivity contribution in [2.75, 3.05) is 19.6 Å². The van der Waals surface area contributed by atoms with Crippen LogP contribution in [0.2, 0.25) is 0 Å². The minimum atomic E-state index is -0.102. The SMILES string of the molecule is CC1CNC(C(=O)NCCCn2ccnc2)CN1. The second-order valence-electron chi connectivity index (χ2n) is 4.72. The summed E-state index contributed by atoms with van der Waals surface area (Å²) in [5.41, 5.74) is 0. The molecular formula is C12H21N5O. The Bertz CT molecular complexity index is 357. The van der Waals surface area contributed by atoms with Crippen molar-refractivity contribution >= 4 is 5.91 Å². The van der Waals surface area contributed by atoms with Crippen molar-refractivity contribution in [1.82, 2.24) is 25.5 Å². The van der Waals surface area contributed by atoms with Crippen molar-refractivity contribution in [3.8, 4) is 0 Å². The van der Waals surface area contributed by atoms with E-state index in [1.165, 1.54) is 0 Å². The topological polar surface area (TPSA) is 71.0 Å². The second-order valence-corrected chi connectivity index (χ2v) is 4.72. The molecule has 1 fully saturated rings. The van der Waals surface area contributed by atoms with Gasteiger partial charge in [0, 0.05) is 44.6 Å². The molecule has 0 radical (unpaired) electrons. The molecule has 6 nitrogen and oxygen atoms in total. The maximum atomic E-state index is 11.8. The predicted octanol–water partition coefficient (Wildman–Crippen LogP) is -0.661. The van der Waals surface area contributed by atoms with E-state index in [0.717, 1.165) is 19.5 Å². The summed E-state index contributed by atoms with van der Waals surface area (Å²) in [6.45, 7) is 5.23. The molecule has 3 N–H and O–H groups in total. The summed E-state index contributed by atoms with van der Waals surface area (Å²) < 4.78 is 2.01. The first kappa shape index (κ1) is 13.0. The molecule has 1 aromatic heterocycles. The molecule has 2 heterocycles. The number of nitrogens with zero attached hydrogens (tertiary/aromatic N) is 2. The lowest BCUT2D eigenvalue weighted by Crippen LogP contribution is -2.58. The molecule has 0 saturated carbocycles. The molecular weight excluding hydrogens is 230 g/mol. The van der Waals surface area contributed by atoms with Crippen LogP contribution < -0.4 is 16.0 Å². The van der Waals surface area contributed by atoms with Crippen LogP contribution in [0.5, 0.6) is 0 Å². The van der Waals surface area contributed by atoms with Gasteiger partial charge in [-0.2, -0.15) is 0 Å². The van der Waals surface area contributed by atoms with Crippen molar-refractivity contribution in [2.45, 2.75) is 32.0 Å². The smallest absolute Gasteiger partial charge is 0.238 e. The maximum absolute atomic E-state index is 11.8. The number of hydrogen-bond donors (Lipinski definition) is 3. The van der Waals surface area contributed by atoms with E-state index in [1.807, 2.05) is 10.8 Å². The van der Waals surface area contributed by atoms with E-state index in [-0.39, 0.29) is 11.9 Å².